The summed E-state index contributed by atoms with van der Waals surface area (Å²) in [6, 6.07) is 4.33. The van der Waals surface area contributed by atoms with Crippen molar-refractivity contribution in [3.63, 3.8) is 0 Å². The van der Waals surface area contributed by atoms with Crippen molar-refractivity contribution in [3.8, 4) is 5.75 Å². The van der Waals surface area contributed by atoms with Crippen molar-refractivity contribution in [2.75, 3.05) is 7.11 Å². The molecule has 0 saturated heterocycles. The maximum atomic E-state index is 12.1. The molecule has 0 radical (unpaired) electrons. The van der Waals surface area contributed by atoms with Crippen molar-refractivity contribution in [2.24, 2.45) is 0 Å². The van der Waals surface area contributed by atoms with Gasteiger partial charge in [0, 0.05) is 0 Å². The highest BCUT2D eigenvalue weighted by molar-refractivity contribution is 9.10. The van der Waals surface area contributed by atoms with E-state index in [1.807, 2.05) is 0 Å². The highest BCUT2D eigenvalue weighted by Crippen LogP contribution is 2.29. The second-order valence-electron chi connectivity index (χ2n) is 2.67. The minimum Gasteiger partial charge on any atom is -0.496 e. The third kappa shape index (κ3) is 2.42. The standard InChI is InChI=1S/C9H9BrF2O2/c1-14-7-3-2-5(4-6(7)10)8(13)9(11)12/h2-4,8-9,13H,1H3. The Labute approximate surface area is 88.6 Å². The zero-order chi connectivity index (χ0) is 10.7. The van der Waals surface area contributed by atoms with Crippen LogP contribution in [-0.4, -0.2) is 18.6 Å². The van der Waals surface area contributed by atoms with Crippen LogP contribution < -0.4 is 4.74 Å². The Morgan fingerprint density at radius 2 is 2.07 bits per heavy atom. The largest absolute Gasteiger partial charge is 0.496 e. The van der Waals surface area contributed by atoms with Crippen LogP contribution >= 0.6 is 15.9 Å². The summed E-state index contributed by atoms with van der Waals surface area (Å²) in [6.45, 7) is 0. The quantitative estimate of drug-likeness (QED) is 0.912. The molecule has 0 saturated carbocycles. The summed E-state index contributed by atoms with van der Waals surface area (Å²) in [5, 5.41) is 9.07. The molecular formula is C9H9BrF2O2. The highest BCUT2D eigenvalue weighted by Gasteiger charge is 2.19. The maximum Gasteiger partial charge on any atom is 0.268 e. The molecule has 0 aromatic heterocycles. The summed E-state index contributed by atoms with van der Waals surface area (Å²) >= 11 is 3.14. The molecule has 1 aromatic rings. The van der Waals surface area contributed by atoms with Crippen molar-refractivity contribution in [3.05, 3.63) is 28.2 Å². The van der Waals surface area contributed by atoms with Gasteiger partial charge in [0.1, 0.15) is 11.9 Å². The van der Waals surface area contributed by atoms with Gasteiger partial charge in [-0.3, -0.25) is 0 Å². The Kier molecular flexibility index (Phi) is 3.83. The maximum absolute atomic E-state index is 12.1. The van der Waals surface area contributed by atoms with Gasteiger partial charge in [0.25, 0.3) is 6.43 Å². The number of alkyl halides is 2. The number of halogens is 3. The molecule has 0 fully saturated rings. The first-order valence-electron chi connectivity index (χ1n) is 3.86. The monoisotopic (exact) mass is 266 g/mol. The van der Waals surface area contributed by atoms with Gasteiger partial charge >= 0.3 is 0 Å². The Balaban J connectivity index is 2.96. The summed E-state index contributed by atoms with van der Waals surface area (Å²) in [5.41, 5.74) is 0.160. The molecule has 5 heteroatoms. The van der Waals surface area contributed by atoms with E-state index in [1.165, 1.54) is 25.3 Å². The van der Waals surface area contributed by atoms with Crippen molar-refractivity contribution in [2.45, 2.75) is 12.5 Å². The fraction of sp³-hybridized carbons (Fsp3) is 0.333. The SMILES string of the molecule is COc1ccc(C(O)C(F)F)cc1Br. The first-order chi connectivity index (χ1) is 6.56. The molecule has 0 aliphatic heterocycles. The van der Waals surface area contributed by atoms with E-state index in [-0.39, 0.29) is 5.56 Å². The van der Waals surface area contributed by atoms with E-state index in [9.17, 15) is 8.78 Å². The Bertz CT molecular complexity index is 318. The number of ether oxygens (including phenoxy) is 1. The molecule has 0 heterocycles. The van der Waals surface area contributed by atoms with Crippen molar-refractivity contribution < 1.29 is 18.6 Å². The van der Waals surface area contributed by atoms with Crippen molar-refractivity contribution in [1.82, 2.24) is 0 Å². The molecule has 1 unspecified atom stereocenters. The minimum absolute atomic E-state index is 0.160. The fourth-order valence-corrected chi connectivity index (χ4v) is 1.57. The van der Waals surface area contributed by atoms with Gasteiger partial charge in [-0.1, -0.05) is 6.07 Å². The average molecular weight is 267 g/mol. The lowest BCUT2D eigenvalue weighted by molar-refractivity contribution is -0.00583. The van der Waals surface area contributed by atoms with E-state index in [0.717, 1.165) is 0 Å². The highest BCUT2D eigenvalue weighted by atomic mass is 79.9. The lowest BCUT2D eigenvalue weighted by Crippen LogP contribution is -2.07. The van der Waals surface area contributed by atoms with E-state index in [4.69, 9.17) is 9.84 Å². The van der Waals surface area contributed by atoms with Gasteiger partial charge in [-0.15, -0.1) is 0 Å². The number of hydrogen-bond donors (Lipinski definition) is 1. The number of hydrogen-bond acceptors (Lipinski definition) is 2. The topological polar surface area (TPSA) is 29.5 Å². The molecule has 1 rings (SSSR count). The van der Waals surface area contributed by atoms with E-state index >= 15 is 0 Å². The molecule has 1 aromatic carbocycles. The number of aliphatic hydroxyl groups excluding tert-OH is 1. The second kappa shape index (κ2) is 4.70. The lowest BCUT2D eigenvalue weighted by Gasteiger charge is -2.11. The Hall–Kier alpha value is -0.680. The van der Waals surface area contributed by atoms with Crippen LogP contribution in [0.4, 0.5) is 8.78 Å². The van der Waals surface area contributed by atoms with Gasteiger partial charge in [0.2, 0.25) is 0 Å². The van der Waals surface area contributed by atoms with Crippen LogP contribution in [0.5, 0.6) is 5.75 Å². The zero-order valence-electron chi connectivity index (χ0n) is 7.38. The van der Waals surface area contributed by atoms with Gasteiger partial charge < -0.3 is 9.84 Å². The summed E-state index contributed by atoms with van der Waals surface area (Å²) in [6.07, 6.45) is -4.53. The molecule has 78 valence electrons. The predicted molar refractivity (Wildman–Crippen MR) is 51.7 cm³/mol. The molecule has 14 heavy (non-hydrogen) atoms. The van der Waals surface area contributed by atoms with Crippen LogP contribution in [-0.2, 0) is 0 Å². The van der Waals surface area contributed by atoms with Crippen LogP contribution in [0.2, 0.25) is 0 Å². The lowest BCUT2D eigenvalue weighted by atomic mass is 10.1. The summed E-state index contributed by atoms with van der Waals surface area (Å²) in [7, 11) is 1.48. The smallest absolute Gasteiger partial charge is 0.268 e. The Morgan fingerprint density at radius 1 is 1.43 bits per heavy atom. The normalized spacial score (nSPS) is 13.0. The molecule has 0 amide bonds. The van der Waals surface area contributed by atoms with Gasteiger partial charge in [0.15, 0.2) is 0 Å². The summed E-state index contributed by atoms with van der Waals surface area (Å²) < 4.78 is 29.7. The first kappa shape index (κ1) is 11.4. The van der Waals surface area contributed by atoms with Crippen molar-refractivity contribution >= 4 is 15.9 Å². The first-order valence-corrected chi connectivity index (χ1v) is 4.65. The Morgan fingerprint density at radius 3 is 2.50 bits per heavy atom. The van der Waals surface area contributed by atoms with Crippen LogP contribution in [0.1, 0.15) is 11.7 Å². The summed E-state index contributed by atoms with van der Waals surface area (Å²) in [5.74, 6) is 0.537. The van der Waals surface area contributed by atoms with Crippen LogP contribution in [0.3, 0.4) is 0 Å². The van der Waals surface area contributed by atoms with Crippen molar-refractivity contribution in [1.29, 1.82) is 0 Å². The molecule has 1 atom stereocenters. The van der Waals surface area contributed by atoms with E-state index < -0.39 is 12.5 Å². The molecule has 0 aliphatic rings. The predicted octanol–water partition coefficient (Wildman–Crippen LogP) is 2.76. The fourth-order valence-electron chi connectivity index (χ4n) is 1.01. The van der Waals surface area contributed by atoms with E-state index in [2.05, 4.69) is 15.9 Å². The third-order valence-electron chi connectivity index (χ3n) is 1.76. The van der Waals surface area contributed by atoms with Crippen LogP contribution in [0, 0.1) is 0 Å². The average Bonchev–Trinajstić information content (AvgIpc) is 2.16. The number of methoxy groups -OCH3 is 1. The number of aliphatic hydroxyl groups is 1. The minimum atomic E-state index is -2.78. The molecule has 0 bridgehead atoms. The van der Waals surface area contributed by atoms with Gasteiger partial charge in [0.05, 0.1) is 11.6 Å². The molecule has 0 aliphatic carbocycles. The third-order valence-corrected chi connectivity index (χ3v) is 2.38. The van der Waals surface area contributed by atoms with E-state index in [0.29, 0.717) is 10.2 Å². The van der Waals surface area contributed by atoms with Gasteiger partial charge in [-0.05, 0) is 33.6 Å². The second-order valence-corrected chi connectivity index (χ2v) is 3.53. The van der Waals surface area contributed by atoms with Crippen LogP contribution in [0.25, 0.3) is 0 Å². The number of rotatable bonds is 3. The van der Waals surface area contributed by atoms with Gasteiger partial charge in [-0.25, -0.2) is 8.78 Å². The molecule has 2 nitrogen and oxygen atoms in total. The van der Waals surface area contributed by atoms with Gasteiger partial charge in [-0.2, -0.15) is 0 Å². The summed E-state index contributed by atoms with van der Waals surface area (Å²) in [4.78, 5) is 0. The van der Waals surface area contributed by atoms with E-state index in [1.54, 1.807) is 0 Å². The molecule has 1 N–H and O–H groups in total. The molecular weight excluding hydrogens is 258 g/mol. The zero-order valence-corrected chi connectivity index (χ0v) is 8.96. The van der Waals surface area contributed by atoms with Crippen LogP contribution in [0.15, 0.2) is 22.7 Å². The number of benzene rings is 1. The molecule has 0 spiro atoms.